The van der Waals surface area contributed by atoms with Crippen LogP contribution in [0.2, 0.25) is 0 Å². The van der Waals surface area contributed by atoms with E-state index in [4.69, 9.17) is 23.4 Å². The summed E-state index contributed by atoms with van der Waals surface area (Å²) in [4.78, 5) is 37.0. The summed E-state index contributed by atoms with van der Waals surface area (Å²) in [6.07, 6.45) is -0.101. The lowest BCUT2D eigenvalue weighted by Gasteiger charge is -2.63. The number of carbonyl (C=O) groups is 3. The fourth-order valence-electron chi connectivity index (χ4n) is 8.04. The Labute approximate surface area is 204 Å². The number of epoxide rings is 1. The van der Waals surface area contributed by atoms with Gasteiger partial charge in [0.2, 0.25) is 0 Å². The molecular weight excluding hydrogens is 456 g/mol. The summed E-state index contributed by atoms with van der Waals surface area (Å²) in [6, 6.07) is 1.72. The molecule has 10 atom stereocenters. The Hall–Kier alpha value is -2.39. The maximum absolute atomic E-state index is 12.4. The maximum Gasteiger partial charge on any atom is 0.303 e. The van der Waals surface area contributed by atoms with Gasteiger partial charge in [0.05, 0.1) is 11.9 Å². The van der Waals surface area contributed by atoms with Crippen molar-refractivity contribution in [3.63, 3.8) is 0 Å². The van der Waals surface area contributed by atoms with E-state index in [1.807, 2.05) is 20.8 Å². The van der Waals surface area contributed by atoms with Crippen molar-refractivity contribution in [1.29, 1.82) is 0 Å². The summed E-state index contributed by atoms with van der Waals surface area (Å²) in [5.41, 5.74) is -3.61. The molecule has 2 saturated carbocycles. The lowest BCUT2D eigenvalue weighted by molar-refractivity contribution is -0.266. The number of aliphatic hydroxyl groups is 1. The first-order chi connectivity index (χ1) is 16.2. The number of ether oxygens (including phenoxy) is 4. The summed E-state index contributed by atoms with van der Waals surface area (Å²) in [5.74, 6) is -2.02. The predicted octanol–water partition coefficient (Wildman–Crippen LogP) is 2.66. The first kappa shape index (κ1) is 24.3. The standard InChI is InChI=1S/C26H34O9/c1-12-10-19(32-13(2)27)23(5)17-11-18-16(8-9-31-18)24(6,30)20(17)21(33-14(3)28)22(34-15(4)29)26(23)25(12,7)35-26/h8-9,12,17,19-22,30H,10-11H2,1-7H3/t12-,17-,19-,20-,21+,22-,23-,24-,25+,26-/m0/s1. The van der Waals surface area contributed by atoms with Gasteiger partial charge in [-0.25, -0.2) is 0 Å². The smallest absolute Gasteiger partial charge is 0.303 e. The third kappa shape index (κ3) is 2.91. The van der Waals surface area contributed by atoms with E-state index in [9.17, 15) is 19.5 Å². The fourth-order valence-corrected chi connectivity index (χ4v) is 8.04. The van der Waals surface area contributed by atoms with Gasteiger partial charge in [-0.3, -0.25) is 14.4 Å². The number of hydrogen-bond acceptors (Lipinski definition) is 9. The van der Waals surface area contributed by atoms with Crippen molar-refractivity contribution in [3.8, 4) is 0 Å². The lowest BCUT2D eigenvalue weighted by Crippen LogP contribution is -2.76. The molecule has 0 aromatic carbocycles. The monoisotopic (exact) mass is 490 g/mol. The zero-order valence-corrected chi connectivity index (χ0v) is 21.2. The topological polar surface area (TPSA) is 125 Å². The fraction of sp³-hybridized carbons (Fsp3) is 0.731. The molecule has 3 fully saturated rings. The van der Waals surface area contributed by atoms with Gasteiger partial charge < -0.3 is 28.5 Å². The quantitative estimate of drug-likeness (QED) is 0.387. The molecule has 0 bridgehead atoms. The number of carbonyl (C=O) groups excluding carboxylic acids is 3. The van der Waals surface area contributed by atoms with Crippen LogP contribution in [0.15, 0.2) is 16.7 Å². The van der Waals surface area contributed by atoms with Crippen LogP contribution in [0.25, 0.3) is 0 Å². The number of rotatable bonds is 3. The Kier molecular flexibility index (Phi) is 5.08. The van der Waals surface area contributed by atoms with Crippen molar-refractivity contribution in [2.45, 2.75) is 96.4 Å². The minimum absolute atomic E-state index is 0.0456. The number of esters is 3. The highest BCUT2D eigenvalue weighted by Gasteiger charge is 2.90. The molecule has 0 radical (unpaired) electrons. The van der Waals surface area contributed by atoms with E-state index in [-0.39, 0.29) is 11.8 Å². The SMILES string of the molecule is CC(=O)O[C@@H]1[C@@H]2[C@H](Cc3occc3[C@]2(C)O)[C@@]2(C)[C@@H](OC(C)=O)C[C@H](C)[C@@]3(C)O[C@@]23[C@H]1OC(C)=O. The third-order valence-electron chi connectivity index (χ3n) is 9.55. The molecule has 192 valence electrons. The van der Waals surface area contributed by atoms with Crippen molar-refractivity contribution in [2.24, 2.45) is 23.2 Å². The highest BCUT2D eigenvalue weighted by Crippen LogP contribution is 2.77. The second-order valence-corrected chi connectivity index (χ2v) is 11.3. The second-order valence-electron chi connectivity index (χ2n) is 11.3. The van der Waals surface area contributed by atoms with Gasteiger partial charge in [0.1, 0.15) is 29.2 Å². The molecule has 1 aliphatic heterocycles. The molecule has 1 N–H and O–H groups in total. The van der Waals surface area contributed by atoms with Crippen LogP contribution in [0.5, 0.6) is 0 Å². The summed E-state index contributed by atoms with van der Waals surface area (Å²) in [5, 5.41) is 12.0. The van der Waals surface area contributed by atoms with Crippen LogP contribution in [0.1, 0.15) is 66.2 Å². The van der Waals surface area contributed by atoms with Crippen LogP contribution >= 0.6 is 0 Å². The Morgan fingerprint density at radius 1 is 1.03 bits per heavy atom. The first-order valence-electron chi connectivity index (χ1n) is 12.2. The van der Waals surface area contributed by atoms with Crippen LogP contribution in [0.4, 0.5) is 0 Å². The van der Waals surface area contributed by atoms with E-state index in [1.54, 1.807) is 13.0 Å². The van der Waals surface area contributed by atoms with Crippen molar-refractivity contribution < 1.29 is 42.9 Å². The summed E-state index contributed by atoms with van der Waals surface area (Å²) < 4.78 is 30.2. The maximum atomic E-state index is 12.4. The van der Waals surface area contributed by atoms with Gasteiger partial charge in [0, 0.05) is 44.1 Å². The van der Waals surface area contributed by atoms with Crippen molar-refractivity contribution in [1.82, 2.24) is 0 Å². The number of furan rings is 1. The molecule has 35 heavy (non-hydrogen) atoms. The number of hydrogen-bond donors (Lipinski definition) is 1. The zero-order valence-electron chi connectivity index (χ0n) is 21.2. The van der Waals surface area contributed by atoms with Gasteiger partial charge in [-0.2, -0.15) is 0 Å². The van der Waals surface area contributed by atoms with E-state index in [1.165, 1.54) is 27.0 Å². The van der Waals surface area contributed by atoms with Gasteiger partial charge in [0.15, 0.2) is 6.10 Å². The molecule has 9 heteroatoms. The van der Waals surface area contributed by atoms with E-state index in [0.29, 0.717) is 24.2 Å². The highest BCUT2D eigenvalue weighted by molar-refractivity contribution is 5.68. The largest absolute Gasteiger partial charge is 0.469 e. The minimum Gasteiger partial charge on any atom is -0.469 e. The van der Waals surface area contributed by atoms with Gasteiger partial charge in [-0.1, -0.05) is 13.8 Å². The normalized spacial score (nSPS) is 47.3. The number of fused-ring (bicyclic) bond motifs is 3. The third-order valence-corrected chi connectivity index (χ3v) is 9.55. The molecule has 4 aliphatic rings. The van der Waals surface area contributed by atoms with Crippen LogP contribution in [0, 0.1) is 23.2 Å². The molecular formula is C26H34O9. The van der Waals surface area contributed by atoms with E-state index in [0.717, 1.165) is 0 Å². The van der Waals surface area contributed by atoms with Crippen LogP contribution in [-0.2, 0) is 45.4 Å². The first-order valence-corrected chi connectivity index (χ1v) is 12.2. The van der Waals surface area contributed by atoms with E-state index < -0.39 is 64.4 Å². The van der Waals surface area contributed by atoms with Crippen LogP contribution < -0.4 is 0 Å². The van der Waals surface area contributed by atoms with Gasteiger partial charge >= 0.3 is 17.9 Å². The van der Waals surface area contributed by atoms with Crippen LogP contribution in [0.3, 0.4) is 0 Å². The Morgan fingerprint density at radius 2 is 1.66 bits per heavy atom. The molecule has 1 aromatic heterocycles. The Balaban J connectivity index is 1.79. The molecule has 1 spiro atoms. The van der Waals surface area contributed by atoms with Crippen molar-refractivity contribution >= 4 is 17.9 Å². The lowest BCUT2D eigenvalue weighted by atomic mass is 9.42. The molecule has 1 saturated heterocycles. The summed E-state index contributed by atoms with van der Waals surface area (Å²) >= 11 is 0. The molecule has 3 aliphatic carbocycles. The molecule has 0 amide bonds. The summed E-state index contributed by atoms with van der Waals surface area (Å²) in [6.45, 7) is 11.6. The second kappa shape index (κ2) is 7.32. The van der Waals surface area contributed by atoms with Gasteiger partial charge in [-0.05, 0) is 38.2 Å². The zero-order chi connectivity index (χ0) is 25.7. The Morgan fingerprint density at radius 3 is 2.26 bits per heavy atom. The Bertz CT molecular complexity index is 1090. The van der Waals surface area contributed by atoms with Crippen molar-refractivity contribution in [3.05, 3.63) is 23.7 Å². The predicted molar refractivity (Wildman–Crippen MR) is 120 cm³/mol. The minimum atomic E-state index is -1.48. The van der Waals surface area contributed by atoms with E-state index in [2.05, 4.69) is 0 Å². The van der Waals surface area contributed by atoms with Gasteiger partial charge in [-0.15, -0.1) is 0 Å². The van der Waals surface area contributed by atoms with Crippen molar-refractivity contribution in [2.75, 3.05) is 0 Å². The summed E-state index contributed by atoms with van der Waals surface area (Å²) in [7, 11) is 0. The van der Waals surface area contributed by atoms with Crippen LogP contribution in [-0.4, -0.2) is 52.5 Å². The van der Waals surface area contributed by atoms with Gasteiger partial charge in [0.25, 0.3) is 0 Å². The average Bonchev–Trinajstić information content (AvgIpc) is 3.11. The molecule has 9 nitrogen and oxygen atoms in total. The van der Waals surface area contributed by atoms with E-state index >= 15 is 0 Å². The average molecular weight is 491 g/mol. The highest BCUT2D eigenvalue weighted by atomic mass is 16.7. The molecule has 2 heterocycles. The molecule has 1 aromatic rings. The molecule has 5 rings (SSSR count). The molecule has 0 unspecified atom stereocenters.